The minimum Gasteiger partial charge on any atom is -0.496 e. The molecule has 0 spiro atoms. The lowest BCUT2D eigenvalue weighted by molar-refractivity contribution is 0.260. The predicted octanol–water partition coefficient (Wildman–Crippen LogP) is 3.62. The van der Waals surface area contributed by atoms with Gasteiger partial charge in [0.05, 0.1) is 12.8 Å². The number of nitrogens with one attached hydrogen (secondary N) is 1. The van der Waals surface area contributed by atoms with Crippen LogP contribution in [-0.2, 0) is 0 Å². The van der Waals surface area contributed by atoms with Crippen LogP contribution in [0.15, 0.2) is 24.3 Å². The molecular weight excluding hydrogens is 324 g/mol. The van der Waals surface area contributed by atoms with Gasteiger partial charge in [-0.2, -0.15) is 0 Å². The average Bonchev–Trinajstić information content (AvgIpc) is 2.55. The van der Waals surface area contributed by atoms with Crippen molar-refractivity contribution in [3.8, 4) is 17.0 Å². The molecule has 1 fully saturated rings. The minimum absolute atomic E-state index is 0.424. The number of aryl methyl sites for hydroxylation is 1. The molecule has 2 aromatic rings. The number of anilines is 1. The molecule has 1 aromatic heterocycles. The van der Waals surface area contributed by atoms with Crippen LogP contribution >= 0.6 is 11.6 Å². The van der Waals surface area contributed by atoms with Gasteiger partial charge in [0.15, 0.2) is 0 Å². The number of hydrogen-bond donors (Lipinski definition) is 1. The van der Waals surface area contributed by atoms with Crippen molar-refractivity contribution in [1.29, 1.82) is 0 Å². The van der Waals surface area contributed by atoms with Crippen LogP contribution in [-0.4, -0.2) is 48.4 Å². The Morgan fingerprint density at radius 3 is 2.83 bits per heavy atom. The van der Waals surface area contributed by atoms with E-state index in [0.29, 0.717) is 16.8 Å². The molecule has 1 N–H and O–H groups in total. The summed E-state index contributed by atoms with van der Waals surface area (Å²) in [5.74, 6) is 1.53. The van der Waals surface area contributed by atoms with Gasteiger partial charge in [-0.25, -0.2) is 0 Å². The first-order valence-corrected chi connectivity index (χ1v) is 8.58. The molecule has 1 aromatic carbocycles. The van der Waals surface area contributed by atoms with Gasteiger partial charge < -0.3 is 15.0 Å². The van der Waals surface area contributed by atoms with Crippen molar-refractivity contribution in [3.63, 3.8) is 0 Å². The van der Waals surface area contributed by atoms with Crippen LogP contribution < -0.4 is 10.1 Å². The van der Waals surface area contributed by atoms with Gasteiger partial charge in [0.25, 0.3) is 0 Å². The maximum atomic E-state index is 6.04. The van der Waals surface area contributed by atoms with E-state index in [2.05, 4.69) is 27.5 Å². The second-order valence-electron chi connectivity index (χ2n) is 6.35. The Labute approximate surface area is 148 Å². The second kappa shape index (κ2) is 7.36. The Morgan fingerprint density at radius 1 is 1.29 bits per heavy atom. The third-order valence-corrected chi connectivity index (χ3v) is 4.61. The lowest BCUT2D eigenvalue weighted by Crippen LogP contribution is -2.39. The number of hydrogen-bond acceptors (Lipinski definition) is 5. The highest BCUT2D eigenvalue weighted by Gasteiger charge is 2.18. The molecule has 1 saturated heterocycles. The number of benzene rings is 1. The summed E-state index contributed by atoms with van der Waals surface area (Å²) in [6, 6.07) is 8.02. The van der Waals surface area contributed by atoms with Crippen LogP contribution in [0, 0.1) is 6.92 Å². The average molecular weight is 347 g/mol. The molecule has 0 saturated carbocycles. The zero-order chi connectivity index (χ0) is 17.1. The largest absolute Gasteiger partial charge is 0.496 e. The van der Waals surface area contributed by atoms with E-state index in [9.17, 15) is 0 Å². The maximum absolute atomic E-state index is 6.04. The third-order valence-electron chi connectivity index (χ3n) is 4.38. The summed E-state index contributed by atoms with van der Waals surface area (Å²) in [4.78, 5) is 2.34. The molecule has 24 heavy (non-hydrogen) atoms. The van der Waals surface area contributed by atoms with Crippen LogP contribution in [0.2, 0.25) is 5.02 Å². The van der Waals surface area contributed by atoms with Crippen molar-refractivity contribution in [1.82, 2.24) is 15.1 Å². The second-order valence-corrected chi connectivity index (χ2v) is 6.79. The van der Waals surface area contributed by atoms with E-state index < -0.39 is 0 Å². The van der Waals surface area contributed by atoms with E-state index in [4.69, 9.17) is 16.3 Å². The van der Waals surface area contributed by atoms with Crippen molar-refractivity contribution < 1.29 is 4.74 Å². The summed E-state index contributed by atoms with van der Waals surface area (Å²) in [7, 11) is 3.79. The molecule has 0 radical (unpaired) electrons. The summed E-state index contributed by atoms with van der Waals surface area (Å²) in [5, 5.41) is 12.9. The fourth-order valence-electron chi connectivity index (χ4n) is 3.18. The quantitative estimate of drug-likeness (QED) is 0.916. The number of likely N-dealkylation sites (N-methyl/N-ethyl adjacent to an activating group) is 1. The fourth-order valence-corrected chi connectivity index (χ4v) is 3.34. The number of rotatable bonds is 4. The van der Waals surface area contributed by atoms with E-state index in [0.717, 1.165) is 42.1 Å². The molecule has 5 nitrogen and oxygen atoms in total. The zero-order valence-electron chi connectivity index (χ0n) is 14.3. The molecule has 6 heteroatoms. The van der Waals surface area contributed by atoms with Crippen LogP contribution in [0.4, 0.5) is 5.82 Å². The molecule has 1 aliphatic heterocycles. The molecule has 0 aliphatic carbocycles. The van der Waals surface area contributed by atoms with Gasteiger partial charge in [0.2, 0.25) is 0 Å². The first-order chi connectivity index (χ1) is 11.6. The third kappa shape index (κ3) is 3.79. The molecule has 0 bridgehead atoms. The van der Waals surface area contributed by atoms with Gasteiger partial charge in [0, 0.05) is 23.2 Å². The predicted molar refractivity (Wildman–Crippen MR) is 97.9 cm³/mol. The Hall–Kier alpha value is -1.85. The van der Waals surface area contributed by atoms with Gasteiger partial charge >= 0.3 is 0 Å². The number of nitrogens with zero attached hydrogens (tertiary/aromatic N) is 3. The van der Waals surface area contributed by atoms with Crippen molar-refractivity contribution >= 4 is 17.4 Å². The first kappa shape index (κ1) is 17.0. The SMILES string of the molecule is COc1cc(Cl)ccc1-c1nnc(N[C@@H]2CCCN(C)C2)cc1C. The molecule has 1 aliphatic rings. The summed E-state index contributed by atoms with van der Waals surface area (Å²) in [5.41, 5.74) is 2.77. The highest BCUT2D eigenvalue weighted by molar-refractivity contribution is 6.30. The molecular formula is C18H23ClN4O. The summed E-state index contributed by atoms with van der Waals surface area (Å²) in [6.45, 7) is 4.24. The Bertz CT molecular complexity index is 722. The number of aromatic nitrogens is 2. The first-order valence-electron chi connectivity index (χ1n) is 8.20. The van der Waals surface area contributed by atoms with Crippen molar-refractivity contribution in [2.45, 2.75) is 25.8 Å². The van der Waals surface area contributed by atoms with E-state index in [-0.39, 0.29) is 0 Å². The Balaban J connectivity index is 1.82. The molecule has 128 valence electrons. The smallest absolute Gasteiger partial charge is 0.149 e. The van der Waals surface area contributed by atoms with E-state index in [1.807, 2.05) is 25.1 Å². The van der Waals surface area contributed by atoms with E-state index in [1.54, 1.807) is 13.2 Å². The van der Waals surface area contributed by atoms with Crippen LogP contribution in [0.25, 0.3) is 11.3 Å². The topological polar surface area (TPSA) is 50.3 Å². The monoisotopic (exact) mass is 346 g/mol. The number of piperidine rings is 1. The summed E-state index contributed by atoms with van der Waals surface area (Å²) < 4.78 is 5.43. The van der Waals surface area contributed by atoms with Crippen molar-refractivity contribution in [2.75, 3.05) is 32.6 Å². The summed E-state index contributed by atoms with van der Waals surface area (Å²) in [6.07, 6.45) is 2.37. The maximum Gasteiger partial charge on any atom is 0.149 e. The highest BCUT2D eigenvalue weighted by Crippen LogP contribution is 2.33. The van der Waals surface area contributed by atoms with Gasteiger partial charge in [-0.15, -0.1) is 10.2 Å². The van der Waals surface area contributed by atoms with E-state index in [1.165, 1.54) is 6.42 Å². The van der Waals surface area contributed by atoms with Crippen LogP contribution in [0.1, 0.15) is 18.4 Å². The van der Waals surface area contributed by atoms with Crippen LogP contribution in [0.5, 0.6) is 5.75 Å². The molecule has 1 atom stereocenters. The lowest BCUT2D eigenvalue weighted by atomic mass is 10.1. The number of methoxy groups -OCH3 is 1. The Morgan fingerprint density at radius 2 is 2.12 bits per heavy atom. The fraction of sp³-hybridized carbons (Fsp3) is 0.444. The van der Waals surface area contributed by atoms with Gasteiger partial charge in [-0.1, -0.05) is 11.6 Å². The van der Waals surface area contributed by atoms with Gasteiger partial charge in [0.1, 0.15) is 11.6 Å². The zero-order valence-corrected chi connectivity index (χ0v) is 15.1. The number of ether oxygens (including phenoxy) is 1. The highest BCUT2D eigenvalue weighted by atomic mass is 35.5. The normalized spacial score (nSPS) is 18.4. The molecule has 2 heterocycles. The minimum atomic E-state index is 0.424. The number of likely N-dealkylation sites (tertiary alicyclic amines) is 1. The van der Waals surface area contributed by atoms with Crippen molar-refractivity contribution in [3.05, 3.63) is 34.9 Å². The lowest BCUT2D eigenvalue weighted by Gasteiger charge is -2.30. The molecule has 0 amide bonds. The van der Waals surface area contributed by atoms with Crippen LogP contribution in [0.3, 0.4) is 0 Å². The summed E-state index contributed by atoms with van der Waals surface area (Å²) >= 11 is 6.04. The van der Waals surface area contributed by atoms with Crippen molar-refractivity contribution in [2.24, 2.45) is 0 Å². The standard InChI is InChI=1S/C18H23ClN4O/c1-12-9-17(20-14-5-4-8-23(2)11-14)21-22-18(12)15-7-6-13(19)10-16(15)24-3/h6-7,9-10,14H,4-5,8,11H2,1-3H3,(H,20,21)/t14-/m1/s1. The Kier molecular flexibility index (Phi) is 5.21. The van der Waals surface area contributed by atoms with Gasteiger partial charge in [-0.05, 0) is 63.2 Å². The van der Waals surface area contributed by atoms with Gasteiger partial charge in [-0.3, -0.25) is 0 Å². The molecule has 3 rings (SSSR count). The molecule has 0 unspecified atom stereocenters. The number of halogens is 1. The van der Waals surface area contributed by atoms with E-state index >= 15 is 0 Å².